The zero-order valence-corrected chi connectivity index (χ0v) is 13.0. The fourth-order valence-corrected chi connectivity index (χ4v) is 3.36. The molecule has 3 nitrogen and oxygen atoms in total. The molecule has 0 spiro atoms. The minimum atomic E-state index is -1.11. The highest BCUT2D eigenvalue weighted by atomic mass is 35.5. The van der Waals surface area contributed by atoms with Crippen molar-refractivity contribution in [2.24, 2.45) is 0 Å². The van der Waals surface area contributed by atoms with Crippen molar-refractivity contribution in [1.29, 1.82) is 5.26 Å². The molecule has 5 heteroatoms. The number of nitrogens with one attached hydrogen (secondary N) is 1. The van der Waals surface area contributed by atoms with Crippen LogP contribution in [0.1, 0.15) is 17.5 Å². The zero-order valence-electron chi connectivity index (χ0n) is 11.5. The first-order chi connectivity index (χ1) is 10.5. The number of hydrogen-bond donors (Lipinski definition) is 1. The van der Waals surface area contributed by atoms with E-state index in [-0.39, 0.29) is 5.91 Å². The molecule has 0 aromatic heterocycles. The standard InChI is InChI=1S/C17H12Cl2N2O/c18-17(19)11-16(17,13-4-2-1-3-5-13)15(22)21-14-8-6-12(10-20)7-9-14/h1-9H,11H2,(H,21,22). The molecule has 1 atom stereocenters. The Labute approximate surface area is 138 Å². The lowest BCUT2D eigenvalue weighted by Gasteiger charge is -2.18. The van der Waals surface area contributed by atoms with Gasteiger partial charge in [-0.05, 0) is 29.8 Å². The lowest BCUT2D eigenvalue weighted by molar-refractivity contribution is -0.118. The van der Waals surface area contributed by atoms with Crippen LogP contribution in [0.2, 0.25) is 0 Å². The molecule has 0 radical (unpaired) electrons. The third-order valence-electron chi connectivity index (χ3n) is 3.91. The quantitative estimate of drug-likeness (QED) is 0.864. The summed E-state index contributed by atoms with van der Waals surface area (Å²) in [6, 6.07) is 18.0. The number of halogens is 2. The molecule has 2 aromatic carbocycles. The summed E-state index contributed by atoms with van der Waals surface area (Å²) < 4.78 is -1.11. The van der Waals surface area contributed by atoms with Gasteiger partial charge in [0.2, 0.25) is 5.91 Å². The van der Waals surface area contributed by atoms with Gasteiger partial charge in [-0.2, -0.15) is 5.26 Å². The first kappa shape index (κ1) is 14.9. The van der Waals surface area contributed by atoms with Crippen LogP contribution in [-0.4, -0.2) is 10.2 Å². The summed E-state index contributed by atoms with van der Waals surface area (Å²) in [5, 5.41) is 11.6. The summed E-state index contributed by atoms with van der Waals surface area (Å²) in [6.45, 7) is 0. The van der Waals surface area contributed by atoms with Crippen molar-refractivity contribution < 1.29 is 4.79 Å². The summed E-state index contributed by atoms with van der Waals surface area (Å²) in [6.07, 6.45) is 0.370. The Morgan fingerprint density at radius 3 is 2.18 bits per heavy atom. The fraction of sp³-hybridized carbons (Fsp3) is 0.176. The Morgan fingerprint density at radius 1 is 1.09 bits per heavy atom. The molecule has 1 saturated carbocycles. The SMILES string of the molecule is N#Cc1ccc(NC(=O)C2(c3ccccc3)CC2(Cl)Cl)cc1. The van der Waals surface area contributed by atoms with Gasteiger partial charge < -0.3 is 5.32 Å². The molecule has 0 heterocycles. The van der Waals surface area contributed by atoms with Crippen molar-refractivity contribution in [1.82, 2.24) is 0 Å². The van der Waals surface area contributed by atoms with Crippen molar-refractivity contribution in [3.63, 3.8) is 0 Å². The van der Waals surface area contributed by atoms with Crippen molar-refractivity contribution in [2.45, 2.75) is 16.2 Å². The van der Waals surface area contributed by atoms with Gasteiger partial charge in [-0.1, -0.05) is 30.3 Å². The highest BCUT2D eigenvalue weighted by Crippen LogP contribution is 2.65. The molecular formula is C17H12Cl2N2O. The molecule has 1 amide bonds. The van der Waals surface area contributed by atoms with Crippen LogP contribution >= 0.6 is 23.2 Å². The van der Waals surface area contributed by atoms with E-state index in [1.807, 2.05) is 36.4 Å². The Bertz CT molecular complexity index is 750. The number of nitrogens with zero attached hydrogens (tertiary/aromatic N) is 1. The Morgan fingerprint density at radius 2 is 1.68 bits per heavy atom. The lowest BCUT2D eigenvalue weighted by atomic mass is 9.94. The summed E-state index contributed by atoms with van der Waals surface area (Å²) in [5.41, 5.74) is 0.998. The second kappa shape index (κ2) is 5.31. The maximum atomic E-state index is 12.7. The number of hydrogen-bond acceptors (Lipinski definition) is 2. The normalized spacial score (nSPS) is 21.7. The van der Waals surface area contributed by atoms with E-state index in [2.05, 4.69) is 5.32 Å². The van der Waals surface area contributed by atoms with Gasteiger partial charge in [0.05, 0.1) is 11.6 Å². The number of nitriles is 1. The maximum absolute atomic E-state index is 12.7. The summed E-state index contributed by atoms with van der Waals surface area (Å²) >= 11 is 12.5. The van der Waals surface area contributed by atoms with E-state index in [0.29, 0.717) is 17.7 Å². The predicted octanol–water partition coefficient (Wildman–Crippen LogP) is 4.01. The molecule has 0 saturated heterocycles. The van der Waals surface area contributed by atoms with Gasteiger partial charge in [0, 0.05) is 12.1 Å². The molecule has 1 aliphatic rings. The van der Waals surface area contributed by atoms with Crippen LogP contribution in [0.5, 0.6) is 0 Å². The van der Waals surface area contributed by atoms with Gasteiger partial charge in [0.25, 0.3) is 0 Å². The van der Waals surface area contributed by atoms with E-state index in [4.69, 9.17) is 28.5 Å². The van der Waals surface area contributed by atoms with Crippen LogP contribution in [-0.2, 0) is 10.2 Å². The molecule has 0 aliphatic heterocycles. The highest BCUT2D eigenvalue weighted by Gasteiger charge is 2.72. The average Bonchev–Trinajstić information content (AvgIpc) is 3.13. The Kier molecular flexibility index (Phi) is 3.60. The third kappa shape index (κ3) is 2.35. The Hall–Kier alpha value is -2.02. The van der Waals surface area contributed by atoms with Gasteiger partial charge in [0.15, 0.2) is 0 Å². The van der Waals surface area contributed by atoms with Crippen LogP contribution in [0.15, 0.2) is 54.6 Å². The van der Waals surface area contributed by atoms with Crippen LogP contribution in [0.4, 0.5) is 5.69 Å². The number of benzene rings is 2. The number of carbonyl (C=O) groups is 1. The molecule has 1 unspecified atom stereocenters. The average molecular weight is 331 g/mol. The van der Waals surface area contributed by atoms with E-state index in [1.165, 1.54) is 0 Å². The number of amides is 1. The highest BCUT2D eigenvalue weighted by molar-refractivity contribution is 6.54. The summed E-state index contributed by atoms with van der Waals surface area (Å²) in [5.74, 6) is -0.242. The minimum Gasteiger partial charge on any atom is -0.325 e. The molecule has 0 bridgehead atoms. The number of anilines is 1. The van der Waals surface area contributed by atoms with Crippen molar-refractivity contribution >= 4 is 34.8 Å². The molecule has 3 rings (SSSR count). The van der Waals surface area contributed by atoms with Crippen LogP contribution in [0.25, 0.3) is 0 Å². The smallest absolute Gasteiger partial charge is 0.238 e. The summed E-state index contributed by atoms with van der Waals surface area (Å²) in [7, 11) is 0. The van der Waals surface area contributed by atoms with E-state index in [9.17, 15) is 4.79 Å². The largest absolute Gasteiger partial charge is 0.325 e. The number of carbonyl (C=O) groups excluding carboxylic acids is 1. The van der Waals surface area contributed by atoms with E-state index < -0.39 is 9.75 Å². The molecule has 1 N–H and O–H groups in total. The molecule has 1 aliphatic carbocycles. The number of rotatable bonds is 3. The van der Waals surface area contributed by atoms with E-state index in [1.54, 1.807) is 24.3 Å². The second-order valence-electron chi connectivity index (χ2n) is 5.30. The predicted molar refractivity (Wildman–Crippen MR) is 87.0 cm³/mol. The topological polar surface area (TPSA) is 52.9 Å². The summed E-state index contributed by atoms with van der Waals surface area (Å²) in [4.78, 5) is 12.7. The van der Waals surface area contributed by atoms with Gasteiger partial charge in [-0.25, -0.2) is 0 Å². The fourth-order valence-electron chi connectivity index (χ4n) is 2.57. The molecule has 110 valence electrons. The van der Waals surface area contributed by atoms with E-state index in [0.717, 1.165) is 5.56 Å². The van der Waals surface area contributed by atoms with Crippen LogP contribution in [0, 0.1) is 11.3 Å². The first-order valence-electron chi connectivity index (χ1n) is 6.74. The monoisotopic (exact) mass is 330 g/mol. The van der Waals surface area contributed by atoms with Crippen LogP contribution < -0.4 is 5.32 Å². The minimum absolute atomic E-state index is 0.242. The third-order valence-corrected chi connectivity index (χ3v) is 4.83. The maximum Gasteiger partial charge on any atom is 0.238 e. The van der Waals surface area contributed by atoms with Gasteiger partial charge in [0.1, 0.15) is 9.75 Å². The van der Waals surface area contributed by atoms with E-state index >= 15 is 0 Å². The first-order valence-corrected chi connectivity index (χ1v) is 7.50. The Balaban J connectivity index is 1.88. The molecule has 22 heavy (non-hydrogen) atoms. The molecular weight excluding hydrogens is 319 g/mol. The van der Waals surface area contributed by atoms with Gasteiger partial charge >= 0.3 is 0 Å². The van der Waals surface area contributed by atoms with Gasteiger partial charge in [-0.15, -0.1) is 23.2 Å². The van der Waals surface area contributed by atoms with Gasteiger partial charge in [-0.3, -0.25) is 4.79 Å². The van der Waals surface area contributed by atoms with Crippen LogP contribution in [0.3, 0.4) is 0 Å². The van der Waals surface area contributed by atoms with Crippen molar-refractivity contribution in [3.8, 4) is 6.07 Å². The molecule has 1 fully saturated rings. The zero-order chi connectivity index (χ0) is 15.8. The van der Waals surface area contributed by atoms with Crippen molar-refractivity contribution in [2.75, 3.05) is 5.32 Å². The molecule has 2 aromatic rings. The van der Waals surface area contributed by atoms with Crippen molar-refractivity contribution in [3.05, 3.63) is 65.7 Å². The number of alkyl halides is 2. The second-order valence-corrected chi connectivity index (χ2v) is 6.78. The lowest BCUT2D eigenvalue weighted by Crippen LogP contribution is -2.32.